The number of nitrogens with one attached hydrogen (secondary N) is 2. The fourth-order valence-corrected chi connectivity index (χ4v) is 1.35. The van der Waals surface area contributed by atoms with E-state index in [0.717, 1.165) is 0 Å². The first-order chi connectivity index (χ1) is 8.75. The highest BCUT2D eigenvalue weighted by Gasteiger charge is 2.02. The number of hydrogen-bond acceptors (Lipinski definition) is 3. The Balaban J connectivity index is 1.91. The molecule has 0 fully saturated rings. The number of anilines is 1. The molecular formula is C13H13N3O2. The van der Waals surface area contributed by atoms with Crippen molar-refractivity contribution in [3.05, 3.63) is 54.5 Å². The number of rotatable bonds is 3. The SMILES string of the molecule is C/C(=N/NC(=O)Nc1ccccc1)c1ccco1. The standard InChI is InChI=1S/C13H13N3O2/c1-10(12-8-5-9-18-12)15-16-13(17)14-11-6-3-2-4-7-11/h2-9H,1H3,(H2,14,16,17)/b15-10-. The van der Waals surface area contributed by atoms with Crippen LogP contribution in [-0.2, 0) is 0 Å². The highest BCUT2D eigenvalue weighted by Crippen LogP contribution is 2.04. The van der Waals surface area contributed by atoms with Crippen molar-refractivity contribution < 1.29 is 9.21 Å². The van der Waals surface area contributed by atoms with Gasteiger partial charge in [-0.3, -0.25) is 0 Å². The summed E-state index contributed by atoms with van der Waals surface area (Å²) in [6.45, 7) is 1.75. The zero-order valence-corrected chi connectivity index (χ0v) is 9.88. The summed E-state index contributed by atoms with van der Waals surface area (Å²) in [5, 5.41) is 6.58. The third-order valence-electron chi connectivity index (χ3n) is 2.23. The molecule has 0 saturated carbocycles. The Hall–Kier alpha value is -2.56. The van der Waals surface area contributed by atoms with Gasteiger partial charge in [0.05, 0.1) is 6.26 Å². The highest BCUT2D eigenvalue weighted by molar-refractivity contribution is 5.97. The maximum Gasteiger partial charge on any atom is 0.339 e. The number of furan rings is 1. The molecule has 0 aliphatic heterocycles. The Morgan fingerprint density at radius 1 is 1.17 bits per heavy atom. The van der Waals surface area contributed by atoms with E-state index < -0.39 is 6.03 Å². The molecule has 1 aromatic carbocycles. The van der Waals surface area contributed by atoms with E-state index in [1.807, 2.05) is 18.2 Å². The number of carbonyl (C=O) groups is 1. The fourth-order valence-electron chi connectivity index (χ4n) is 1.35. The summed E-state index contributed by atoms with van der Waals surface area (Å²) in [4.78, 5) is 11.5. The number of hydrogen-bond donors (Lipinski definition) is 2. The Kier molecular flexibility index (Phi) is 3.76. The van der Waals surface area contributed by atoms with E-state index in [4.69, 9.17) is 4.42 Å². The van der Waals surface area contributed by atoms with Crippen LogP contribution in [0.5, 0.6) is 0 Å². The van der Waals surface area contributed by atoms with Crippen molar-refractivity contribution in [1.29, 1.82) is 0 Å². The van der Waals surface area contributed by atoms with Gasteiger partial charge in [0.25, 0.3) is 0 Å². The van der Waals surface area contributed by atoms with Crippen LogP contribution in [0.4, 0.5) is 10.5 Å². The molecule has 18 heavy (non-hydrogen) atoms. The van der Waals surface area contributed by atoms with Gasteiger partial charge in [-0.2, -0.15) is 5.10 Å². The minimum atomic E-state index is -0.396. The monoisotopic (exact) mass is 243 g/mol. The topological polar surface area (TPSA) is 66.6 Å². The maximum absolute atomic E-state index is 11.5. The van der Waals surface area contributed by atoms with Crippen LogP contribution >= 0.6 is 0 Å². The molecule has 2 aromatic rings. The lowest BCUT2D eigenvalue weighted by Gasteiger charge is -2.04. The smallest absolute Gasteiger partial charge is 0.339 e. The molecule has 0 spiro atoms. The summed E-state index contributed by atoms with van der Waals surface area (Å²) in [5.74, 6) is 0.620. The first-order valence-corrected chi connectivity index (χ1v) is 5.46. The molecule has 1 heterocycles. The van der Waals surface area contributed by atoms with Gasteiger partial charge in [0, 0.05) is 5.69 Å². The van der Waals surface area contributed by atoms with E-state index in [1.165, 1.54) is 0 Å². The largest absolute Gasteiger partial charge is 0.463 e. The predicted molar refractivity (Wildman–Crippen MR) is 69.5 cm³/mol. The van der Waals surface area contributed by atoms with Crippen molar-refractivity contribution in [3.63, 3.8) is 0 Å². The molecule has 92 valence electrons. The van der Waals surface area contributed by atoms with Gasteiger partial charge in [-0.25, -0.2) is 10.2 Å². The lowest BCUT2D eigenvalue weighted by molar-refractivity contribution is 0.252. The molecule has 0 aliphatic rings. The van der Waals surface area contributed by atoms with Crippen LogP contribution in [0.1, 0.15) is 12.7 Å². The van der Waals surface area contributed by atoms with Crippen LogP contribution < -0.4 is 10.7 Å². The molecule has 1 aromatic heterocycles. The molecule has 2 N–H and O–H groups in total. The zero-order chi connectivity index (χ0) is 12.8. The number of amides is 2. The van der Waals surface area contributed by atoms with E-state index in [0.29, 0.717) is 17.2 Å². The Labute approximate surface area is 105 Å². The van der Waals surface area contributed by atoms with Crippen molar-refractivity contribution in [2.45, 2.75) is 6.92 Å². The van der Waals surface area contributed by atoms with Crippen molar-refractivity contribution in [2.24, 2.45) is 5.10 Å². The number of benzene rings is 1. The van der Waals surface area contributed by atoms with Gasteiger partial charge in [0.2, 0.25) is 0 Å². The molecule has 2 amide bonds. The summed E-state index contributed by atoms with van der Waals surface area (Å²) in [6.07, 6.45) is 1.55. The van der Waals surface area contributed by atoms with E-state index in [-0.39, 0.29) is 0 Å². The summed E-state index contributed by atoms with van der Waals surface area (Å²) in [6, 6.07) is 12.3. The molecule has 0 saturated heterocycles. The molecule has 0 bridgehead atoms. The summed E-state index contributed by atoms with van der Waals surface area (Å²) in [7, 11) is 0. The number of nitrogens with zero attached hydrogens (tertiary/aromatic N) is 1. The van der Waals surface area contributed by atoms with E-state index in [9.17, 15) is 4.79 Å². The minimum absolute atomic E-state index is 0.396. The van der Waals surface area contributed by atoms with E-state index >= 15 is 0 Å². The summed E-state index contributed by atoms with van der Waals surface area (Å²) in [5.41, 5.74) is 3.71. The van der Waals surface area contributed by atoms with E-state index in [1.54, 1.807) is 37.5 Å². The second-order valence-corrected chi connectivity index (χ2v) is 3.61. The quantitative estimate of drug-likeness (QED) is 0.643. The van der Waals surface area contributed by atoms with Gasteiger partial charge < -0.3 is 9.73 Å². The number of hydrazone groups is 1. The first-order valence-electron chi connectivity index (χ1n) is 5.46. The van der Waals surface area contributed by atoms with Crippen molar-refractivity contribution in [1.82, 2.24) is 5.43 Å². The van der Waals surface area contributed by atoms with Gasteiger partial charge in [-0.1, -0.05) is 18.2 Å². The first kappa shape index (κ1) is 11.9. The van der Waals surface area contributed by atoms with Crippen molar-refractivity contribution in [3.8, 4) is 0 Å². The lowest BCUT2D eigenvalue weighted by atomic mass is 10.3. The number of para-hydroxylation sites is 1. The third kappa shape index (κ3) is 3.21. The average Bonchev–Trinajstić information content (AvgIpc) is 2.91. The molecule has 0 radical (unpaired) electrons. The Morgan fingerprint density at radius 2 is 1.94 bits per heavy atom. The van der Waals surface area contributed by atoms with Gasteiger partial charge in [0.15, 0.2) is 0 Å². The Morgan fingerprint density at radius 3 is 2.61 bits per heavy atom. The normalized spacial score (nSPS) is 11.1. The van der Waals surface area contributed by atoms with E-state index in [2.05, 4.69) is 15.8 Å². The lowest BCUT2D eigenvalue weighted by Crippen LogP contribution is -2.25. The molecule has 0 aliphatic carbocycles. The molecule has 2 rings (SSSR count). The van der Waals surface area contributed by atoms with Gasteiger partial charge >= 0.3 is 6.03 Å². The predicted octanol–water partition coefficient (Wildman–Crippen LogP) is 2.83. The molecular weight excluding hydrogens is 230 g/mol. The van der Waals surface area contributed by atoms with Gasteiger partial charge in [0.1, 0.15) is 11.5 Å². The molecule has 5 heteroatoms. The summed E-state index contributed by atoms with van der Waals surface area (Å²) >= 11 is 0. The van der Waals surface area contributed by atoms with Gasteiger partial charge in [-0.15, -0.1) is 0 Å². The summed E-state index contributed by atoms with van der Waals surface area (Å²) < 4.78 is 5.14. The number of urea groups is 1. The van der Waals surface area contributed by atoms with Crippen LogP contribution in [-0.4, -0.2) is 11.7 Å². The molecule has 0 atom stereocenters. The Bertz CT molecular complexity index is 533. The van der Waals surface area contributed by atoms with Crippen LogP contribution in [0.2, 0.25) is 0 Å². The van der Waals surface area contributed by atoms with Crippen LogP contribution in [0.3, 0.4) is 0 Å². The van der Waals surface area contributed by atoms with Crippen LogP contribution in [0.15, 0.2) is 58.2 Å². The minimum Gasteiger partial charge on any atom is -0.463 e. The number of carbonyl (C=O) groups excluding carboxylic acids is 1. The van der Waals surface area contributed by atoms with Crippen molar-refractivity contribution >= 4 is 17.4 Å². The van der Waals surface area contributed by atoms with Gasteiger partial charge in [-0.05, 0) is 31.2 Å². The second-order valence-electron chi connectivity index (χ2n) is 3.61. The average molecular weight is 243 g/mol. The fraction of sp³-hybridized carbons (Fsp3) is 0.0769. The second kappa shape index (κ2) is 5.67. The van der Waals surface area contributed by atoms with Crippen LogP contribution in [0.25, 0.3) is 0 Å². The van der Waals surface area contributed by atoms with Crippen LogP contribution in [0, 0.1) is 0 Å². The zero-order valence-electron chi connectivity index (χ0n) is 9.88. The van der Waals surface area contributed by atoms with Crippen molar-refractivity contribution in [2.75, 3.05) is 5.32 Å². The highest BCUT2D eigenvalue weighted by atomic mass is 16.3. The third-order valence-corrected chi connectivity index (χ3v) is 2.23. The maximum atomic E-state index is 11.5. The molecule has 0 unspecified atom stereocenters. The molecule has 5 nitrogen and oxygen atoms in total.